The zero-order valence-corrected chi connectivity index (χ0v) is 11.8. The fourth-order valence-electron chi connectivity index (χ4n) is 4.27. The van der Waals surface area contributed by atoms with Gasteiger partial charge in [0.25, 0.3) is 0 Å². The molecule has 1 aliphatic heterocycles. The van der Waals surface area contributed by atoms with Gasteiger partial charge in [0.1, 0.15) is 0 Å². The topological polar surface area (TPSA) is 15.3 Å². The first kappa shape index (κ1) is 12.0. The van der Waals surface area contributed by atoms with Crippen molar-refractivity contribution in [3.8, 4) is 0 Å². The molecule has 0 aromatic heterocycles. The van der Waals surface area contributed by atoms with Gasteiger partial charge >= 0.3 is 0 Å². The van der Waals surface area contributed by atoms with E-state index in [1.165, 1.54) is 51.6 Å². The summed E-state index contributed by atoms with van der Waals surface area (Å²) in [6.07, 6.45) is 8.60. The standard InChI is InChI=1S/C15H28N2/c1-12(2)17-11-14(3,13-6-7-13)16-10-15(17)8-4-5-9-15/h12-13,16H,4-11H2,1-3H3. The van der Waals surface area contributed by atoms with Crippen molar-refractivity contribution >= 4 is 0 Å². The van der Waals surface area contributed by atoms with Crippen molar-refractivity contribution in [2.75, 3.05) is 13.1 Å². The fourth-order valence-corrected chi connectivity index (χ4v) is 4.27. The first-order valence-electron chi connectivity index (χ1n) is 7.58. The quantitative estimate of drug-likeness (QED) is 0.793. The number of piperazine rings is 1. The molecule has 0 aromatic carbocycles. The Hall–Kier alpha value is -0.0800. The van der Waals surface area contributed by atoms with Crippen LogP contribution in [0.2, 0.25) is 0 Å². The van der Waals surface area contributed by atoms with Crippen LogP contribution in [-0.2, 0) is 0 Å². The SMILES string of the molecule is CC(C)N1CC(C)(C2CC2)NCC12CCCC2. The second kappa shape index (κ2) is 3.96. The molecule has 0 aromatic rings. The van der Waals surface area contributed by atoms with Crippen molar-refractivity contribution in [3.63, 3.8) is 0 Å². The molecule has 2 aliphatic carbocycles. The molecule has 17 heavy (non-hydrogen) atoms. The van der Waals surface area contributed by atoms with Crippen molar-refractivity contribution in [2.45, 2.75) is 76.4 Å². The first-order chi connectivity index (χ1) is 8.06. The van der Waals surface area contributed by atoms with Crippen molar-refractivity contribution < 1.29 is 0 Å². The van der Waals surface area contributed by atoms with E-state index in [2.05, 4.69) is 31.0 Å². The summed E-state index contributed by atoms with van der Waals surface area (Å²) in [4.78, 5) is 2.84. The van der Waals surface area contributed by atoms with Crippen LogP contribution in [0.1, 0.15) is 59.3 Å². The molecule has 0 radical (unpaired) electrons. The van der Waals surface area contributed by atoms with Crippen molar-refractivity contribution in [2.24, 2.45) is 5.92 Å². The summed E-state index contributed by atoms with van der Waals surface area (Å²) in [6.45, 7) is 9.74. The molecule has 1 heterocycles. The van der Waals surface area contributed by atoms with Crippen LogP contribution in [0, 0.1) is 5.92 Å². The number of nitrogens with one attached hydrogen (secondary N) is 1. The third kappa shape index (κ3) is 1.94. The Morgan fingerprint density at radius 3 is 2.35 bits per heavy atom. The van der Waals surface area contributed by atoms with Gasteiger partial charge in [0.2, 0.25) is 0 Å². The molecule has 2 nitrogen and oxygen atoms in total. The molecule has 1 saturated heterocycles. The normalized spacial score (nSPS) is 38.1. The largest absolute Gasteiger partial charge is 0.308 e. The minimum Gasteiger partial charge on any atom is -0.308 e. The van der Waals surface area contributed by atoms with Gasteiger partial charge in [-0.15, -0.1) is 0 Å². The molecule has 1 atom stereocenters. The number of nitrogens with zero attached hydrogens (tertiary/aromatic N) is 1. The fraction of sp³-hybridized carbons (Fsp3) is 1.00. The van der Waals surface area contributed by atoms with Crippen molar-refractivity contribution in [1.82, 2.24) is 10.2 Å². The first-order valence-corrected chi connectivity index (χ1v) is 7.58. The van der Waals surface area contributed by atoms with Gasteiger partial charge in [-0.2, -0.15) is 0 Å². The molecular weight excluding hydrogens is 208 g/mol. The second-order valence-electron chi connectivity index (χ2n) is 7.20. The Bertz CT molecular complexity index is 289. The van der Waals surface area contributed by atoms with E-state index in [1.807, 2.05) is 0 Å². The van der Waals surface area contributed by atoms with Crippen molar-refractivity contribution in [3.05, 3.63) is 0 Å². The maximum atomic E-state index is 3.93. The smallest absolute Gasteiger partial charge is 0.0337 e. The van der Waals surface area contributed by atoms with Gasteiger partial charge in [-0.05, 0) is 52.4 Å². The van der Waals surface area contributed by atoms with Crippen LogP contribution in [0.5, 0.6) is 0 Å². The molecule has 3 aliphatic rings. The summed E-state index contributed by atoms with van der Waals surface area (Å²) in [6, 6.07) is 0.702. The van der Waals surface area contributed by atoms with E-state index in [9.17, 15) is 0 Å². The summed E-state index contributed by atoms with van der Waals surface area (Å²) < 4.78 is 0. The van der Waals surface area contributed by atoms with Crippen LogP contribution in [0.25, 0.3) is 0 Å². The van der Waals surface area contributed by atoms with Crippen LogP contribution in [0.4, 0.5) is 0 Å². The minimum atomic E-state index is 0.401. The van der Waals surface area contributed by atoms with E-state index < -0.39 is 0 Å². The summed E-state index contributed by atoms with van der Waals surface area (Å²) >= 11 is 0. The molecule has 2 saturated carbocycles. The van der Waals surface area contributed by atoms with Gasteiger partial charge in [0.15, 0.2) is 0 Å². The Kier molecular flexibility index (Phi) is 2.79. The van der Waals surface area contributed by atoms with Crippen LogP contribution in [0.15, 0.2) is 0 Å². The van der Waals surface area contributed by atoms with E-state index in [-0.39, 0.29) is 0 Å². The lowest BCUT2D eigenvalue weighted by molar-refractivity contribution is -0.0164. The summed E-state index contributed by atoms with van der Waals surface area (Å²) in [7, 11) is 0. The zero-order valence-electron chi connectivity index (χ0n) is 11.8. The van der Waals surface area contributed by atoms with Gasteiger partial charge in [-0.25, -0.2) is 0 Å². The molecule has 3 fully saturated rings. The lowest BCUT2D eigenvalue weighted by Gasteiger charge is -2.54. The third-order valence-corrected chi connectivity index (χ3v) is 5.57. The molecule has 3 rings (SSSR count). The molecule has 0 bridgehead atoms. The average Bonchev–Trinajstić information content (AvgIpc) is 3.05. The maximum Gasteiger partial charge on any atom is 0.0337 e. The summed E-state index contributed by atoms with van der Waals surface area (Å²) in [5.74, 6) is 0.947. The number of hydrogen-bond donors (Lipinski definition) is 1. The van der Waals surface area contributed by atoms with Gasteiger partial charge in [0.05, 0.1) is 0 Å². The lowest BCUT2D eigenvalue weighted by Crippen LogP contribution is -2.70. The molecule has 98 valence electrons. The van der Waals surface area contributed by atoms with E-state index in [0.29, 0.717) is 17.1 Å². The zero-order chi connectivity index (χ0) is 12.1. The van der Waals surface area contributed by atoms with Crippen LogP contribution >= 0.6 is 0 Å². The van der Waals surface area contributed by atoms with Crippen LogP contribution in [-0.4, -0.2) is 35.1 Å². The molecule has 2 heteroatoms. The van der Waals surface area contributed by atoms with E-state index >= 15 is 0 Å². The Morgan fingerprint density at radius 1 is 1.18 bits per heavy atom. The monoisotopic (exact) mass is 236 g/mol. The Labute approximate surface area is 106 Å². The Balaban J connectivity index is 1.80. The van der Waals surface area contributed by atoms with E-state index in [4.69, 9.17) is 0 Å². The maximum absolute atomic E-state index is 3.93. The van der Waals surface area contributed by atoms with Gasteiger partial charge in [-0.3, -0.25) is 4.90 Å². The lowest BCUT2D eigenvalue weighted by atomic mass is 9.83. The molecule has 1 spiro atoms. The van der Waals surface area contributed by atoms with Gasteiger partial charge in [-0.1, -0.05) is 12.8 Å². The highest BCUT2D eigenvalue weighted by atomic mass is 15.3. The molecule has 0 amide bonds. The van der Waals surface area contributed by atoms with Crippen LogP contribution < -0.4 is 5.32 Å². The van der Waals surface area contributed by atoms with E-state index in [1.54, 1.807) is 0 Å². The molecule has 1 unspecified atom stereocenters. The highest BCUT2D eigenvalue weighted by Gasteiger charge is 2.52. The van der Waals surface area contributed by atoms with Crippen LogP contribution in [0.3, 0.4) is 0 Å². The van der Waals surface area contributed by atoms with Gasteiger partial charge in [0, 0.05) is 30.2 Å². The average molecular weight is 236 g/mol. The highest BCUT2D eigenvalue weighted by molar-refractivity contribution is 5.10. The minimum absolute atomic E-state index is 0.401. The Morgan fingerprint density at radius 2 is 1.82 bits per heavy atom. The summed E-state index contributed by atoms with van der Waals surface area (Å²) in [5.41, 5.74) is 0.903. The number of hydrogen-bond acceptors (Lipinski definition) is 2. The van der Waals surface area contributed by atoms with Crippen molar-refractivity contribution in [1.29, 1.82) is 0 Å². The van der Waals surface area contributed by atoms with Gasteiger partial charge < -0.3 is 5.32 Å². The third-order valence-electron chi connectivity index (χ3n) is 5.57. The summed E-state index contributed by atoms with van der Waals surface area (Å²) in [5, 5.41) is 3.93. The number of rotatable bonds is 2. The molecular formula is C15H28N2. The predicted octanol–water partition coefficient (Wildman–Crippen LogP) is 2.78. The van der Waals surface area contributed by atoms with E-state index in [0.717, 1.165) is 5.92 Å². The highest BCUT2D eigenvalue weighted by Crippen LogP contribution is 2.46. The predicted molar refractivity (Wildman–Crippen MR) is 72.2 cm³/mol. The second-order valence-corrected chi connectivity index (χ2v) is 7.20. The molecule has 1 N–H and O–H groups in total.